The lowest BCUT2D eigenvalue weighted by Gasteiger charge is -2.17. The van der Waals surface area contributed by atoms with Crippen LogP contribution in [0.5, 0.6) is 0 Å². The highest BCUT2D eigenvalue weighted by Gasteiger charge is 2.17. The second kappa shape index (κ2) is 6.02. The summed E-state index contributed by atoms with van der Waals surface area (Å²) in [6, 6.07) is 13.4. The number of carbonyl (C=O) groups excluding carboxylic acids is 2. The standard InChI is InChI=1S/C18H18N2O2/c1-12-3-2-4-13(9-12)10-17(21)20-15-6-5-14-7-8-19-18(22)16(14)11-15/h2-6,9,11H,7-8,10H2,1H3,(H,19,22)(H,20,21). The molecule has 1 aliphatic heterocycles. The van der Waals surface area contributed by atoms with E-state index < -0.39 is 0 Å². The maximum absolute atomic E-state index is 12.1. The third-order valence-electron chi connectivity index (χ3n) is 3.77. The third-order valence-corrected chi connectivity index (χ3v) is 3.77. The summed E-state index contributed by atoms with van der Waals surface area (Å²) in [6.45, 7) is 2.67. The van der Waals surface area contributed by atoms with Crippen molar-refractivity contribution in [1.82, 2.24) is 5.32 Å². The zero-order chi connectivity index (χ0) is 15.5. The van der Waals surface area contributed by atoms with Gasteiger partial charge in [0, 0.05) is 17.8 Å². The maximum Gasteiger partial charge on any atom is 0.251 e. The van der Waals surface area contributed by atoms with Gasteiger partial charge in [0.05, 0.1) is 6.42 Å². The van der Waals surface area contributed by atoms with Gasteiger partial charge in [0.1, 0.15) is 0 Å². The predicted molar refractivity (Wildman–Crippen MR) is 86.0 cm³/mol. The number of benzene rings is 2. The molecule has 0 bridgehead atoms. The van der Waals surface area contributed by atoms with Gasteiger partial charge in [0.2, 0.25) is 5.91 Å². The van der Waals surface area contributed by atoms with E-state index in [9.17, 15) is 9.59 Å². The molecule has 4 nitrogen and oxygen atoms in total. The molecule has 0 atom stereocenters. The Kier molecular flexibility index (Phi) is 3.92. The van der Waals surface area contributed by atoms with E-state index in [1.54, 1.807) is 6.07 Å². The molecule has 2 aromatic rings. The fourth-order valence-electron chi connectivity index (χ4n) is 2.70. The quantitative estimate of drug-likeness (QED) is 0.913. The number of anilines is 1. The average molecular weight is 294 g/mol. The SMILES string of the molecule is Cc1cccc(CC(=O)Nc2ccc3c(c2)C(=O)NCC3)c1. The Morgan fingerprint density at radius 3 is 2.91 bits per heavy atom. The van der Waals surface area contributed by atoms with Crippen LogP contribution in [-0.2, 0) is 17.6 Å². The van der Waals surface area contributed by atoms with Crippen molar-refractivity contribution in [2.24, 2.45) is 0 Å². The number of nitrogens with one attached hydrogen (secondary N) is 2. The lowest BCUT2D eigenvalue weighted by molar-refractivity contribution is -0.115. The summed E-state index contributed by atoms with van der Waals surface area (Å²) in [7, 11) is 0. The van der Waals surface area contributed by atoms with Gasteiger partial charge in [-0.15, -0.1) is 0 Å². The molecule has 0 fully saturated rings. The maximum atomic E-state index is 12.1. The Bertz CT molecular complexity index is 738. The summed E-state index contributed by atoms with van der Waals surface area (Å²) >= 11 is 0. The number of fused-ring (bicyclic) bond motifs is 1. The summed E-state index contributed by atoms with van der Waals surface area (Å²) in [6.07, 6.45) is 1.16. The fraction of sp³-hybridized carbons (Fsp3) is 0.222. The second-order valence-electron chi connectivity index (χ2n) is 5.59. The minimum Gasteiger partial charge on any atom is -0.352 e. The Hall–Kier alpha value is -2.62. The van der Waals surface area contributed by atoms with Crippen LogP contribution in [0.15, 0.2) is 42.5 Å². The first-order valence-electron chi connectivity index (χ1n) is 7.38. The van der Waals surface area contributed by atoms with Crippen molar-refractivity contribution in [3.05, 3.63) is 64.7 Å². The average Bonchev–Trinajstić information content (AvgIpc) is 2.48. The van der Waals surface area contributed by atoms with Crippen LogP contribution in [0.25, 0.3) is 0 Å². The highest BCUT2D eigenvalue weighted by atomic mass is 16.2. The molecule has 0 unspecified atom stereocenters. The van der Waals surface area contributed by atoms with Gasteiger partial charge in [-0.25, -0.2) is 0 Å². The molecule has 0 radical (unpaired) electrons. The molecule has 112 valence electrons. The Morgan fingerprint density at radius 1 is 1.23 bits per heavy atom. The Morgan fingerprint density at radius 2 is 2.09 bits per heavy atom. The molecular weight excluding hydrogens is 276 g/mol. The van der Waals surface area contributed by atoms with Gasteiger partial charge in [0.25, 0.3) is 5.91 Å². The normalized spacial score (nSPS) is 13.2. The zero-order valence-electron chi connectivity index (χ0n) is 12.5. The first kappa shape index (κ1) is 14.3. The van der Waals surface area contributed by atoms with Crippen LogP contribution in [-0.4, -0.2) is 18.4 Å². The largest absolute Gasteiger partial charge is 0.352 e. The molecule has 2 amide bonds. The van der Waals surface area contributed by atoms with Gasteiger partial charge in [-0.05, 0) is 36.6 Å². The Balaban J connectivity index is 1.72. The number of aryl methyl sites for hydroxylation is 1. The Labute approximate surface area is 129 Å². The van der Waals surface area contributed by atoms with Crippen molar-refractivity contribution in [3.8, 4) is 0 Å². The molecular formula is C18H18N2O2. The molecule has 1 heterocycles. The second-order valence-corrected chi connectivity index (χ2v) is 5.59. The van der Waals surface area contributed by atoms with Gasteiger partial charge < -0.3 is 10.6 Å². The van der Waals surface area contributed by atoms with Crippen molar-refractivity contribution < 1.29 is 9.59 Å². The van der Waals surface area contributed by atoms with E-state index in [0.29, 0.717) is 24.2 Å². The van der Waals surface area contributed by atoms with Crippen LogP contribution >= 0.6 is 0 Å². The summed E-state index contributed by atoms with van der Waals surface area (Å²) in [4.78, 5) is 24.0. The van der Waals surface area contributed by atoms with Gasteiger partial charge in [-0.1, -0.05) is 35.9 Å². The third kappa shape index (κ3) is 3.17. The molecule has 2 N–H and O–H groups in total. The molecule has 22 heavy (non-hydrogen) atoms. The van der Waals surface area contributed by atoms with Crippen LogP contribution in [0.2, 0.25) is 0 Å². The molecule has 0 aliphatic carbocycles. The topological polar surface area (TPSA) is 58.2 Å². The smallest absolute Gasteiger partial charge is 0.251 e. The summed E-state index contributed by atoms with van der Waals surface area (Å²) in [5.41, 5.74) is 4.46. The van der Waals surface area contributed by atoms with Crippen molar-refractivity contribution in [3.63, 3.8) is 0 Å². The molecule has 0 aromatic heterocycles. The number of rotatable bonds is 3. The molecule has 3 rings (SSSR count). The van der Waals surface area contributed by atoms with E-state index in [0.717, 1.165) is 23.1 Å². The van der Waals surface area contributed by atoms with E-state index >= 15 is 0 Å². The first-order chi connectivity index (χ1) is 10.6. The van der Waals surface area contributed by atoms with Crippen LogP contribution in [0.3, 0.4) is 0 Å². The highest BCUT2D eigenvalue weighted by Crippen LogP contribution is 2.19. The fourth-order valence-corrected chi connectivity index (χ4v) is 2.70. The predicted octanol–water partition coefficient (Wildman–Crippen LogP) is 2.46. The van der Waals surface area contributed by atoms with Crippen molar-refractivity contribution in [1.29, 1.82) is 0 Å². The number of hydrogen-bond acceptors (Lipinski definition) is 2. The van der Waals surface area contributed by atoms with Gasteiger partial charge in [0.15, 0.2) is 0 Å². The van der Waals surface area contributed by atoms with Crippen molar-refractivity contribution in [2.75, 3.05) is 11.9 Å². The van der Waals surface area contributed by atoms with E-state index in [2.05, 4.69) is 10.6 Å². The van der Waals surface area contributed by atoms with Crippen molar-refractivity contribution in [2.45, 2.75) is 19.8 Å². The van der Waals surface area contributed by atoms with E-state index in [4.69, 9.17) is 0 Å². The monoisotopic (exact) mass is 294 g/mol. The molecule has 0 saturated carbocycles. The first-order valence-corrected chi connectivity index (χ1v) is 7.38. The number of hydrogen-bond donors (Lipinski definition) is 2. The van der Waals surface area contributed by atoms with Gasteiger partial charge in [-0.2, -0.15) is 0 Å². The van der Waals surface area contributed by atoms with Crippen LogP contribution < -0.4 is 10.6 Å². The van der Waals surface area contributed by atoms with Crippen LogP contribution in [0, 0.1) is 6.92 Å². The zero-order valence-corrected chi connectivity index (χ0v) is 12.5. The lowest BCUT2D eigenvalue weighted by Crippen LogP contribution is -2.31. The van der Waals surface area contributed by atoms with Crippen LogP contribution in [0.1, 0.15) is 27.0 Å². The summed E-state index contributed by atoms with van der Waals surface area (Å²) in [5.74, 6) is -0.155. The minimum absolute atomic E-state index is 0.0731. The number of amides is 2. The minimum atomic E-state index is -0.0817. The van der Waals surface area contributed by atoms with E-state index in [1.165, 1.54) is 0 Å². The summed E-state index contributed by atoms with van der Waals surface area (Å²) < 4.78 is 0. The highest BCUT2D eigenvalue weighted by molar-refractivity contribution is 5.99. The van der Waals surface area contributed by atoms with E-state index in [1.807, 2.05) is 43.3 Å². The summed E-state index contributed by atoms with van der Waals surface area (Å²) in [5, 5.41) is 5.67. The molecule has 0 spiro atoms. The van der Waals surface area contributed by atoms with Crippen LogP contribution in [0.4, 0.5) is 5.69 Å². The van der Waals surface area contributed by atoms with Gasteiger partial charge >= 0.3 is 0 Å². The van der Waals surface area contributed by atoms with Gasteiger partial charge in [-0.3, -0.25) is 9.59 Å². The molecule has 4 heteroatoms. The number of carbonyl (C=O) groups is 2. The van der Waals surface area contributed by atoms with Crippen molar-refractivity contribution >= 4 is 17.5 Å². The van der Waals surface area contributed by atoms with E-state index in [-0.39, 0.29) is 11.8 Å². The lowest BCUT2D eigenvalue weighted by atomic mass is 9.99. The molecule has 0 saturated heterocycles. The molecule has 2 aromatic carbocycles. The molecule has 1 aliphatic rings.